The number of likely N-dealkylation sites (tertiary alicyclic amines) is 1. The van der Waals surface area contributed by atoms with Gasteiger partial charge in [-0.2, -0.15) is 13.2 Å². The molecule has 0 aliphatic carbocycles. The Hall–Kier alpha value is -2.54. The molecule has 3 nitrogen and oxygen atoms in total. The normalized spacial score (nSPS) is 16.0. The van der Waals surface area contributed by atoms with E-state index in [2.05, 4.69) is 10.2 Å². The van der Waals surface area contributed by atoms with Crippen LogP contribution in [-0.2, 0) is 18.0 Å². The second-order valence-corrected chi connectivity index (χ2v) is 9.98. The van der Waals surface area contributed by atoms with Gasteiger partial charge in [0.05, 0.1) is 16.1 Å². The van der Waals surface area contributed by atoms with Crippen molar-refractivity contribution in [1.82, 2.24) is 10.2 Å². The molecule has 0 spiro atoms. The Labute approximate surface area is 219 Å². The van der Waals surface area contributed by atoms with E-state index < -0.39 is 17.2 Å². The van der Waals surface area contributed by atoms with E-state index in [9.17, 15) is 18.0 Å². The number of amides is 1. The van der Waals surface area contributed by atoms with Gasteiger partial charge in [-0.3, -0.25) is 4.79 Å². The van der Waals surface area contributed by atoms with Crippen LogP contribution in [0.5, 0.6) is 0 Å². The summed E-state index contributed by atoms with van der Waals surface area (Å²) in [7, 11) is 0. The number of piperidine rings is 1. The SMILES string of the molecule is O=C(NCC1(c2ccccc2Cl)CCN(CCc2ccccc2C(F)(F)F)CC1)c1ccccc1Cl. The van der Waals surface area contributed by atoms with E-state index in [1.54, 1.807) is 36.4 Å². The van der Waals surface area contributed by atoms with E-state index in [1.165, 1.54) is 6.07 Å². The van der Waals surface area contributed by atoms with Crippen molar-refractivity contribution in [3.8, 4) is 0 Å². The molecule has 0 atom stereocenters. The highest BCUT2D eigenvalue weighted by Gasteiger charge is 2.38. The first-order chi connectivity index (χ1) is 17.2. The number of nitrogens with zero attached hydrogens (tertiary/aromatic N) is 1. The van der Waals surface area contributed by atoms with E-state index in [4.69, 9.17) is 23.2 Å². The van der Waals surface area contributed by atoms with Crippen molar-refractivity contribution in [2.24, 2.45) is 0 Å². The van der Waals surface area contributed by atoms with Gasteiger partial charge in [-0.15, -0.1) is 0 Å². The molecule has 3 aromatic carbocycles. The Balaban J connectivity index is 1.46. The average Bonchev–Trinajstić information content (AvgIpc) is 2.87. The second-order valence-electron chi connectivity index (χ2n) is 9.17. The third kappa shape index (κ3) is 6.05. The molecule has 4 rings (SSSR count). The van der Waals surface area contributed by atoms with E-state index in [0.29, 0.717) is 66.6 Å². The Kier molecular flexibility index (Phi) is 8.28. The largest absolute Gasteiger partial charge is 0.416 e. The molecule has 1 aliphatic heterocycles. The van der Waals surface area contributed by atoms with Crippen LogP contribution in [0.1, 0.15) is 39.9 Å². The third-order valence-corrected chi connectivity index (χ3v) is 7.64. The quantitative estimate of drug-likeness (QED) is 0.353. The molecule has 3 aromatic rings. The number of alkyl halides is 3. The van der Waals surface area contributed by atoms with Crippen LogP contribution in [-0.4, -0.2) is 37.0 Å². The molecule has 0 saturated carbocycles. The fraction of sp³-hybridized carbons (Fsp3) is 0.321. The summed E-state index contributed by atoms with van der Waals surface area (Å²) in [5.41, 5.74) is 0.715. The van der Waals surface area contributed by atoms with Crippen molar-refractivity contribution in [3.63, 3.8) is 0 Å². The van der Waals surface area contributed by atoms with E-state index >= 15 is 0 Å². The van der Waals surface area contributed by atoms with Crippen molar-refractivity contribution in [2.75, 3.05) is 26.2 Å². The molecule has 36 heavy (non-hydrogen) atoms. The minimum Gasteiger partial charge on any atom is -0.351 e. The number of hydrogen-bond donors (Lipinski definition) is 1. The summed E-state index contributed by atoms with van der Waals surface area (Å²) in [6, 6.07) is 20.3. The molecule has 1 N–H and O–H groups in total. The minimum atomic E-state index is -4.36. The number of halogens is 5. The van der Waals surface area contributed by atoms with Crippen LogP contribution in [0.25, 0.3) is 0 Å². The van der Waals surface area contributed by atoms with Gasteiger partial charge in [0.15, 0.2) is 0 Å². The molecule has 1 aliphatic rings. The predicted molar refractivity (Wildman–Crippen MR) is 138 cm³/mol. The third-order valence-electron chi connectivity index (χ3n) is 6.98. The van der Waals surface area contributed by atoms with Crippen LogP contribution in [0, 0.1) is 0 Å². The molecule has 0 aromatic heterocycles. The number of carbonyl (C=O) groups is 1. The Morgan fingerprint density at radius 2 is 1.50 bits per heavy atom. The molecule has 0 radical (unpaired) electrons. The Morgan fingerprint density at radius 3 is 2.17 bits per heavy atom. The Bertz CT molecular complexity index is 1210. The summed E-state index contributed by atoms with van der Waals surface area (Å²) < 4.78 is 40.1. The number of benzene rings is 3. The van der Waals surface area contributed by atoms with Crippen molar-refractivity contribution < 1.29 is 18.0 Å². The summed E-state index contributed by atoms with van der Waals surface area (Å²) in [6.07, 6.45) is -2.63. The molecule has 8 heteroatoms. The Morgan fingerprint density at radius 1 is 0.889 bits per heavy atom. The molecular weight excluding hydrogens is 508 g/mol. The molecule has 0 unspecified atom stereocenters. The summed E-state index contributed by atoms with van der Waals surface area (Å²) in [5, 5.41) is 4.07. The van der Waals surface area contributed by atoms with E-state index in [1.807, 2.05) is 24.3 Å². The van der Waals surface area contributed by atoms with Gasteiger partial charge in [-0.05, 0) is 67.7 Å². The summed E-state index contributed by atoms with van der Waals surface area (Å²) in [6.45, 7) is 2.27. The van der Waals surface area contributed by atoms with E-state index in [0.717, 1.165) is 11.6 Å². The lowest BCUT2D eigenvalue weighted by atomic mass is 9.72. The minimum absolute atomic E-state index is 0.252. The first kappa shape index (κ1) is 26.5. The lowest BCUT2D eigenvalue weighted by molar-refractivity contribution is -0.138. The van der Waals surface area contributed by atoms with Crippen LogP contribution in [0.15, 0.2) is 72.8 Å². The highest BCUT2D eigenvalue weighted by atomic mass is 35.5. The van der Waals surface area contributed by atoms with Crippen LogP contribution < -0.4 is 5.32 Å². The van der Waals surface area contributed by atoms with Gasteiger partial charge in [0.25, 0.3) is 5.91 Å². The highest BCUT2D eigenvalue weighted by Crippen LogP contribution is 2.39. The van der Waals surface area contributed by atoms with Crippen molar-refractivity contribution in [1.29, 1.82) is 0 Å². The van der Waals surface area contributed by atoms with Crippen molar-refractivity contribution in [3.05, 3.63) is 105 Å². The topological polar surface area (TPSA) is 32.3 Å². The lowest BCUT2D eigenvalue weighted by Gasteiger charge is -2.43. The first-order valence-electron chi connectivity index (χ1n) is 11.8. The summed E-state index contributed by atoms with van der Waals surface area (Å²) in [5.74, 6) is -0.252. The van der Waals surface area contributed by atoms with E-state index in [-0.39, 0.29) is 5.91 Å². The highest BCUT2D eigenvalue weighted by molar-refractivity contribution is 6.33. The number of nitrogens with one attached hydrogen (secondary N) is 1. The second kappa shape index (κ2) is 11.2. The first-order valence-corrected chi connectivity index (χ1v) is 12.6. The maximum absolute atomic E-state index is 13.4. The molecule has 190 valence electrons. The molecule has 0 bridgehead atoms. The monoisotopic (exact) mass is 534 g/mol. The standard InChI is InChI=1S/C28H27Cl2F3N2O/c29-24-11-5-2-8-21(24)26(36)34-19-27(23-10-4-6-12-25(23)30)14-17-35(18-15-27)16-13-20-7-1-3-9-22(20)28(31,32)33/h1-12H,13-19H2,(H,34,36). The fourth-order valence-electron chi connectivity index (χ4n) is 4.92. The van der Waals surface area contributed by atoms with Crippen LogP contribution >= 0.6 is 23.2 Å². The maximum atomic E-state index is 13.4. The van der Waals surface area contributed by atoms with Gasteiger partial charge < -0.3 is 10.2 Å². The fourth-order valence-corrected chi connectivity index (χ4v) is 5.48. The predicted octanol–water partition coefficient (Wildman–Crippen LogP) is 7.02. The number of rotatable bonds is 7. The van der Waals surface area contributed by atoms with Gasteiger partial charge in [-0.25, -0.2) is 0 Å². The zero-order chi connectivity index (χ0) is 25.8. The zero-order valence-corrected chi connectivity index (χ0v) is 21.1. The molecule has 1 fully saturated rings. The summed E-state index contributed by atoms with van der Waals surface area (Å²) >= 11 is 12.8. The van der Waals surface area contributed by atoms with Gasteiger partial charge in [0, 0.05) is 23.5 Å². The zero-order valence-electron chi connectivity index (χ0n) is 19.6. The number of carbonyl (C=O) groups excluding carboxylic acids is 1. The maximum Gasteiger partial charge on any atom is 0.416 e. The molecule has 1 amide bonds. The van der Waals surface area contributed by atoms with Gasteiger partial charge in [-0.1, -0.05) is 71.7 Å². The molecular formula is C28H27Cl2F3N2O. The van der Waals surface area contributed by atoms with Gasteiger partial charge in [0.2, 0.25) is 0 Å². The summed E-state index contributed by atoms with van der Waals surface area (Å²) in [4.78, 5) is 15.1. The van der Waals surface area contributed by atoms with Crippen LogP contribution in [0.2, 0.25) is 10.0 Å². The van der Waals surface area contributed by atoms with Gasteiger partial charge >= 0.3 is 6.18 Å². The lowest BCUT2D eigenvalue weighted by Crippen LogP contribution is -2.49. The van der Waals surface area contributed by atoms with Gasteiger partial charge in [0.1, 0.15) is 0 Å². The average molecular weight is 535 g/mol. The smallest absolute Gasteiger partial charge is 0.351 e. The van der Waals surface area contributed by atoms with Crippen LogP contribution in [0.3, 0.4) is 0 Å². The molecule has 1 saturated heterocycles. The van der Waals surface area contributed by atoms with Crippen LogP contribution in [0.4, 0.5) is 13.2 Å². The van der Waals surface area contributed by atoms with Crippen molar-refractivity contribution in [2.45, 2.75) is 30.9 Å². The number of hydrogen-bond acceptors (Lipinski definition) is 2. The van der Waals surface area contributed by atoms with Crippen molar-refractivity contribution >= 4 is 29.1 Å². The molecule has 1 heterocycles.